The van der Waals surface area contributed by atoms with Crippen molar-refractivity contribution in [1.82, 2.24) is 4.98 Å². The molecule has 0 fully saturated rings. The monoisotopic (exact) mass is 253 g/mol. The van der Waals surface area contributed by atoms with E-state index in [0.717, 1.165) is 0 Å². The Labute approximate surface area is 85.1 Å². The Balaban J connectivity index is 0.000000561. The van der Waals surface area contributed by atoms with Crippen LogP contribution in [0.3, 0.4) is 0 Å². The summed E-state index contributed by atoms with van der Waals surface area (Å²) in [5.41, 5.74) is 0.371. The number of rotatable bonds is 0. The minimum Gasteiger partial charge on any atom is -0.243 e. The maximum Gasteiger partial charge on any atom is 0.144 e. The minimum absolute atomic E-state index is 0.209. The highest BCUT2D eigenvalue weighted by Crippen LogP contribution is 2.21. The number of nitrogens with zero attached hydrogens (tertiary/aromatic N) is 1. The molecule has 0 aromatic carbocycles. The van der Waals surface area contributed by atoms with Gasteiger partial charge >= 0.3 is 0 Å². The third kappa shape index (κ3) is 2.72. The maximum atomic E-state index is 12.8. The Morgan fingerprint density at radius 3 is 2.42 bits per heavy atom. The molecule has 1 rings (SSSR count). The van der Waals surface area contributed by atoms with E-state index in [9.17, 15) is 4.39 Å². The van der Waals surface area contributed by atoms with E-state index in [-0.39, 0.29) is 11.0 Å². The van der Waals surface area contributed by atoms with Crippen LogP contribution in [0.4, 0.5) is 4.39 Å². The van der Waals surface area contributed by atoms with Crippen molar-refractivity contribution in [2.45, 2.75) is 20.8 Å². The van der Waals surface area contributed by atoms with Gasteiger partial charge in [0, 0.05) is 11.8 Å². The normalized spacial score (nSPS) is 8.83. The number of hydrogen-bond acceptors (Lipinski definition) is 1. The third-order valence-electron chi connectivity index (χ3n) is 1.14. The number of aromatic nitrogens is 1. The first-order chi connectivity index (χ1) is 5.63. The summed E-state index contributed by atoms with van der Waals surface area (Å²) in [5, 5.41) is 0.209. The van der Waals surface area contributed by atoms with Crippen LogP contribution in [0.15, 0.2) is 10.7 Å². The molecule has 0 saturated heterocycles. The Kier molecular flexibility index (Phi) is 5.42. The molecule has 0 saturated carbocycles. The second-order valence-electron chi connectivity index (χ2n) is 1.84. The van der Waals surface area contributed by atoms with E-state index in [2.05, 4.69) is 20.9 Å². The zero-order valence-corrected chi connectivity index (χ0v) is 9.50. The average Bonchev–Trinajstić information content (AvgIpc) is 2.12. The van der Waals surface area contributed by atoms with Crippen molar-refractivity contribution >= 4 is 27.5 Å². The highest BCUT2D eigenvalue weighted by atomic mass is 79.9. The van der Waals surface area contributed by atoms with Crippen LogP contribution < -0.4 is 0 Å². The summed E-state index contributed by atoms with van der Waals surface area (Å²) in [7, 11) is 0. The van der Waals surface area contributed by atoms with Crippen molar-refractivity contribution in [1.29, 1.82) is 0 Å². The van der Waals surface area contributed by atoms with Gasteiger partial charge in [-0.1, -0.05) is 25.4 Å². The lowest BCUT2D eigenvalue weighted by molar-refractivity contribution is 0.609. The number of halogens is 3. The molecule has 0 aliphatic rings. The molecule has 0 bridgehead atoms. The third-order valence-corrected chi connectivity index (χ3v) is 2.07. The molecule has 0 aliphatic heterocycles. The summed E-state index contributed by atoms with van der Waals surface area (Å²) in [6.07, 6.45) is 1.34. The predicted octanol–water partition coefficient (Wildman–Crippen LogP) is 3.97. The molecule has 0 spiro atoms. The maximum absolute atomic E-state index is 12.8. The predicted molar refractivity (Wildman–Crippen MR) is 53.0 cm³/mol. The molecule has 4 heteroatoms. The van der Waals surface area contributed by atoms with Crippen LogP contribution in [-0.4, -0.2) is 4.98 Å². The molecule has 0 unspecified atom stereocenters. The smallest absolute Gasteiger partial charge is 0.144 e. The second kappa shape index (κ2) is 5.49. The summed E-state index contributed by atoms with van der Waals surface area (Å²) in [4.78, 5) is 3.72. The van der Waals surface area contributed by atoms with Crippen molar-refractivity contribution in [2.75, 3.05) is 0 Å². The van der Waals surface area contributed by atoms with E-state index in [1.54, 1.807) is 6.92 Å². The van der Waals surface area contributed by atoms with Gasteiger partial charge in [0.05, 0.1) is 4.47 Å². The first-order valence-corrected chi connectivity index (χ1v) is 4.76. The Hall–Kier alpha value is -0.150. The molecule has 1 aromatic rings. The van der Waals surface area contributed by atoms with Crippen molar-refractivity contribution in [3.8, 4) is 0 Å². The van der Waals surface area contributed by atoms with Gasteiger partial charge in [-0.3, -0.25) is 0 Å². The topological polar surface area (TPSA) is 12.9 Å². The second-order valence-corrected chi connectivity index (χ2v) is 3.05. The number of pyridine rings is 1. The average molecular weight is 255 g/mol. The van der Waals surface area contributed by atoms with Crippen LogP contribution in [0.2, 0.25) is 5.15 Å². The summed E-state index contributed by atoms with van der Waals surface area (Å²) in [5.74, 6) is -0.347. The molecule has 0 aliphatic carbocycles. The zero-order valence-electron chi connectivity index (χ0n) is 7.16. The first kappa shape index (κ1) is 11.8. The van der Waals surface area contributed by atoms with E-state index in [4.69, 9.17) is 11.6 Å². The van der Waals surface area contributed by atoms with Gasteiger partial charge in [-0.05, 0) is 22.9 Å². The Morgan fingerprint density at radius 1 is 1.50 bits per heavy atom. The number of hydrogen-bond donors (Lipinski definition) is 0. The van der Waals surface area contributed by atoms with Crippen LogP contribution >= 0.6 is 27.5 Å². The van der Waals surface area contributed by atoms with E-state index in [0.29, 0.717) is 10.0 Å². The van der Waals surface area contributed by atoms with E-state index in [1.165, 1.54) is 6.20 Å². The van der Waals surface area contributed by atoms with Gasteiger partial charge in [0.15, 0.2) is 0 Å². The fourth-order valence-electron chi connectivity index (χ4n) is 0.537. The molecule has 0 atom stereocenters. The van der Waals surface area contributed by atoms with Crippen LogP contribution in [0.5, 0.6) is 0 Å². The Morgan fingerprint density at radius 2 is 2.00 bits per heavy atom. The SMILES string of the molecule is CC.Cc1c(Cl)ncc(Br)c1F. The molecule has 12 heavy (non-hydrogen) atoms. The summed E-state index contributed by atoms with van der Waals surface area (Å²) in [6, 6.07) is 0. The quantitative estimate of drug-likeness (QED) is 0.638. The van der Waals surface area contributed by atoms with E-state index < -0.39 is 0 Å². The van der Waals surface area contributed by atoms with Gasteiger partial charge in [-0.25, -0.2) is 9.37 Å². The highest BCUT2D eigenvalue weighted by Gasteiger charge is 2.06. The van der Waals surface area contributed by atoms with Crippen molar-refractivity contribution in [2.24, 2.45) is 0 Å². The van der Waals surface area contributed by atoms with Crippen molar-refractivity contribution in [3.63, 3.8) is 0 Å². The van der Waals surface area contributed by atoms with Gasteiger partial charge in [0.25, 0.3) is 0 Å². The van der Waals surface area contributed by atoms with Gasteiger partial charge in [0.2, 0.25) is 0 Å². The van der Waals surface area contributed by atoms with Gasteiger partial charge in [-0.15, -0.1) is 0 Å². The fourth-order valence-corrected chi connectivity index (χ4v) is 1.07. The lowest BCUT2D eigenvalue weighted by Crippen LogP contribution is -1.87. The van der Waals surface area contributed by atoms with Crippen LogP contribution in [0.25, 0.3) is 0 Å². The van der Waals surface area contributed by atoms with Gasteiger partial charge in [0.1, 0.15) is 11.0 Å². The standard InChI is InChI=1S/C6H4BrClFN.C2H6/c1-3-5(9)4(7)2-10-6(3)8;1-2/h2H,1H3;1-2H3. The lowest BCUT2D eigenvalue weighted by Gasteiger charge is -1.98. The Bertz CT molecular complexity index is 238. The van der Waals surface area contributed by atoms with Crippen molar-refractivity contribution < 1.29 is 4.39 Å². The summed E-state index contributed by atoms with van der Waals surface area (Å²) < 4.78 is 13.2. The lowest BCUT2D eigenvalue weighted by atomic mass is 10.3. The molecule has 0 N–H and O–H groups in total. The highest BCUT2D eigenvalue weighted by molar-refractivity contribution is 9.10. The molecule has 1 aromatic heterocycles. The fraction of sp³-hybridized carbons (Fsp3) is 0.375. The molecule has 0 amide bonds. The first-order valence-electron chi connectivity index (χ1n) is 3.59. The zero-order chi connectivity index (χ0) is 9.72. The molecular weight excluding hydrogens is 244 g/mol. The molecule has 68 valence electrons. The minimum atomic E-state index is -0.347. The molecule has 0 radical (unpaired) electrons. The van der Waals surface area contributed by atoms with Gasteiger partial charge in [-0.2, -0.15) is 0 Å². The van der Waals surface area contributed by atoms with E-state index >= 15 is 0 Å². The molecule has 1 nitrogen and oxygen atoms in total. The van der Waals surface area contributed by atoms with E-state index in [1.807, 2.05) is 13.8 Å². The van der Waals surface area contributed by atoms with Crippen LogP contribution in [0, 0.1) is 12.7 Å². The van der Waals surface area contributed by atoms with Crippen LogP contribution in [0.1, 0.15) is 19.4 Å². The molecular formula is C8H10BrClFN. The van der Waals surface area contributed by atoms with Crippen LogP contribution in [-0.2, 0) is 0 Å². The van der Waals surface area contributed by atoms with Gasteiger partial charge < -0.3 is 0 Å². The summed E-state index contributed by atoms with van der Waals surface area (Å²) >= 11 is 8.50. The summed E-state index contributed by atoms with van der Waals surface area (Å²) in [6.45, 7) is 5.58. The largest absolute Gasteiger partial charge is 0.243 e. The van der Waals surface area contributed by atoms with Crippen molar-refractivity contribution in [3.05, 3.63) is 27.2 Å². The molecule has 1 heterocycles.